The number of hydrogen-bond donors (Lipinski definition) is 3. The first-order valence-electron chi connectivity index (χ1n) is 10.2. The van der Waals surface area contributed by atoms with E-state index in [2.05, 4.69) is 44.3 Å². The monoisotopic (exact) mass is 437 g/mol. The third kappa shape index (κ3) is 4.39. The van der Waals surface area contributed by atoms with E-state index in [1.54, 1.807) is 10.9 Å². The van der Waals surface area contributed by atoms with E-state index in [-0.39, 0.29) is 11.1 Å². The van der Waals surface area contributed by atoms with Gasteiger partial charge >= 0.3 is 6.09 Å². The summed E-state index contributed by atoms with van der Waals surface area (Å²) in [4.78, 5) is 12.9. The van der Waals surface area contributed by atoms with Crippen LogP contribution in [0.15, 0.2) is 12.3 Å². The maximum atomic E-state index is 14.8. The minimum absolute atomic E-state index is 0.0995. The van der Waals surface area contributed by atoms with Gasteiger partial charge in [-0.3, -0.25) is 4.68 Å². The second-order valence-electron chi connectivity index (χ2n) is 9.42. The summed E-state index contributed by atoms with van der Waals surface area (Å²) in [5.74, 6) is -0.421. The van der Waals surface area contributed by atoms with Crippen molar-refractivity contribution in [2.75, 3.05) is 30.3 Å². The van der Waals surface area contributed by atoms with Crippen molar-refractivity contribution in [3.05, 3.63) is 18.1 Å². The first-order valence-corrected chi connectivity index (χ1v) is 13.1. The number of fused-ring (bicyclic) bond motifs is 1. The van der Waals surface area contributed by atoms with Crippen LogP contribution in [0.4, 0.5) is 20.6 Å². The molecule has 1 fully saturated rings. The summed E-state index contributed by atoms with van der Waals surface area (Å²) in [6.07, 6.45) is 1.25. The molecular formula is C20H32FN5O3Si. The Bertz CT molecular complexity index is 941. The molecule has 1 amide bonds. The number of halogens is 1. The molecule has 1 aromatic carbocycles. The highest BCUT2D eigenvalue weighted by Gasteiger charge is 2.37. The molecule has 0 spiro atoms. The zero-order chi connectivity index (χ0) is 22.3. The number of aromatic nitrogens is 2. The highest BCUT2D eigenvalue weighted by atomic mass is 28.4. The molecule has 0 bridgehead atoms. The Morgan fingerprint density at radius 1 is 1.47 bits per heavy atom. The molecule has 0 unspecified atom stereocenters. The Morgan fingerprint density at radius 3 is 2.80 bits per heavy atom. The van der Waals surface area contributed by atoms with Crippen LogP contribution in [0, 0.1) is 5.82 Å². The van der Waals surface area contributed by atoms with Gasteiger partial charge in [-0.2, -0.15) is 5.10 Å². The molecule has 0 saturated carbocycles. The van der Waals surface area contributed by atoms with Gasteiger partial charge in [0.05, 0.1) is 36.8 Å². The molecule has 1 aromatic heterocycles. The van der Waals surface area contributed by atoms with Gasteiger partial charge in [0, 0.05) is 24.5 Å². The predicted molar refractivity (Wildman–Crippen MR) is 119 cm³/mol. The van der Waals surface area contributed by atoms with Crippen molar-refractivity contribution in [1.29, 1.82) is 0 Å². The summed E-state index contributed by atoms with van der Waals surface area (Å²) in [5.41, 5.74) is 7.58. The summed E-state index contributed by atoms with van der Waals surface area (Å²) < 4.78 is 22.7. The lowest BCUT2D eigenvalue weighted by Crippen LogP contribution is -2.41. The maximum Gasteiger partial charge on any atom is 0.404 e. The molecule has 2 heterocycles. The number of carbonyl (C=O) groups is 1. The minimum Gasteiger partial charge on any atom is -0.465 e. The van der Waals surface area contributed by atoms with Crippen LogP contribution in [-0.2, 0) is 11.0 Å². The topological polar surface area (TPSA) is 106 Å². The lowest BCUT2D eigenvalue weighted by molar-refractivity contribution is 0.191. The molecule has 166 valence electrons. The number of amides is 1. The summed E-state index contributed by atoms with van der Waals surface area (Å²) >= 11 is 0. The van der Waals surface area contributed by atoms with Crippen molar-refractivity contribution in [1.82, 2.24) is 15.1 Å². The largest absolute Gasteiger partial charge is 0.465 e. The lowest BCUT2D eigenvalue weighted by Gasteiger charge is -2.36. The Hall–Kier alpha value is -2.33. The molecule has 1 saturated heterocycles. The molecule has 1 aliphatic heterocycles. The van der Waals surface area contributed by atoms with Gasteiger partial charge in [0.15, 0.2) is 14.1 Å². The second kappa shape index (κ2) is 8.07. The fourth-order valence-electron chi connectivity index (χ4n) is 3.62. The van der Waals surface area contributed by atoms with Crippen LogP contribution in [0.1, 0.15) is 27.2 Å². The number of rotatable bonds is 6. The fourth-order valence-corrected chi connectivity index (χ4v) is 4.66. The number of nitrogens with zero attached hydrogens (tertiary/aromatic N) is 3. The van der Waals surface area contributed by atoms with Crippen molar-refractivity contribution in [2.45, 2.75) is 57.9 Å². The van der Waals surface area contributed by atoms with Crippen LogP contribution in [0.25, 0.3) is 10.9 Å². The van der Waals surface area contributed by atoms with Crippen LogP contribution in [-0.4, -0.2) is 55.0 Å². The van der Waals surface area contributed by atoms with E-state index in [4.69, 9.17) is 15.3 Å². The first-order chi connectivity index (χ1) is 13.9. The Morgan fingerprint density at radius 2 is 2.17 bits per heavy atom. The lowest BCUT2D eigenvalue weighted by atomic mass is 10.1. The number of anilines is 2. The van der Waals surface area contributed by atoms with Gasteiger partial charge in [-0.05, 0) is 24.6 Å². The molecule has 10 heteroatoms. The van der Waals surface area contributed by atoms with Crippen LogP contribution in [0.2, 0.25) is 18.1 Å². The minimum atomic E-state index is -1.90. The highest BCUT2D eigenvalue weighted by Crippen LogP contribution is 2.38. The van der Waals surface area contributed by atoms with E-state index < -0.39 is 20.2 Å². The smallest absolute Gasteiger partial charge is 0.404 e. The van der Waals surface area contributed by atoms with Gasteiger partial charge in [-0.25, -0.2) is 9.18 Å². The standard InChI is InChI=1S/C20H32FN5O3Si/c1-20(2,3)30(4,5)29-9-8-26-17-14(11-23-26)18(16(22)10-15(17)21)25-7-6-13(12-25)24-19(27)28/h10-11,13,24H,6-9,12,22H2,1-5H3,(H,27,28)/t13-/m1/s1. The molecule has 8 nitrogen and oxygen atoms in total. The molecule has 0 radical (unpaired) electrons. The Kier molecular flexibility index (Phi) is 6.01. The molecule has 30 heavy (non-hydrogen) atoms. The maximum absolute atomic E-state index is 14.8. The van der Waals surface area contributed by atoms with Crippen molar-refractivity contribution in [3.63, 3.8) is 0 Å². The summed E-state index contributed by atoms with van der Waals surface area (Å²) in [6.45, 7) is 12.9. The molecule has 4 N–H and O–H groups in total. The number of carboxylic acid groups (broad SMARTS) is 1. The normalized spacial score (nSPS) is 17.7. The van der Waals surface area contributed by atoms with E-state index >= 15 is 0 Å². The molecule has 2 aromatic rings. The molecule has 1 atom stereocenters. The third-order valence-corrected chi connectivity index (χ3v) is 10.8. The van der Waals surface area contributed by atoms with Gasteiger partial charge in [-0.15, -0.1) is 0 Å². The SMILES string of the molecule is CC(C)(C)[Si](C)(C)OCCn1ncc2c(N3CC[C@@H](NC(=O)O)C3)c(N)cc(F)c21. The molecule has 3 rings (SSSR count). The third-order valence-electron chi connectivity index (χ3n) is 6.28. The predicted octanol–water partition coefficient (Wildman–Crippen LogP) is 3.63. The van der Waals surface area contributed by atoms with Gasteiger partial charge in [0.25, 0.3) is 0 Å². The van der Waals surface area contributed by atoms with Crippen LogP contribution >= 0.6 is 0 Å². The van der Waals surface area contributed by atoms with Crippen LogP contribution in [0.3, 0.4) is 0 Å². The second-order valence-corrected chi connectivity index (χ2v) is 14.2. The highest BCUT2D eigenvalue weighted by molar-refractivity contribution is 6.74. The fraction of sp³-hybridized carbons (Fsp3) is 0.600. The average Bonchev–Trinajstić information content (AvgIpc) is 3.21. The summed E-state index contributed by atoms with van der Waals surface area (Å²) in [5, 5.41) is 16.6. The quantitative estimate of drug-likeness (QED) is 0.471. The molecule has 1 aliphatic rings. The van der Waals surface area contributed by atoms with Crippen molar-refractivity contribution in [3.8, 4) is 0 Å². The van der Waals surface area contributed by atoms with Crippen molar-refractivity contribution >= 4 is 36.7 Å². The van der Waals surface area contributed by atoms with Gasteiger partial charge in [0.2, 0.25) is 0 Å². The number of nitrogens with one attached hydrogen (secondary N) is 1. The van der Waals surface area contributed by atoms with Crippen molar-refractivity contribution in [2.24, 2.45) is 0 Å². The number of nitrogens with two attached hydrogens (primary N) is 1. The first kappa shape index (κ1) is 22.4. The van der Waals surface area contributed by atoms with E-state index in [0.717, 1.165) is 0 Å². The van der Waals surface area contributed by atoms with E-state index in [1.165, 1.54) is 6.07 Å². The van der Waals surface area contributed by atoms with Crippen molar-refractivity contribution < 1.29 is 18.7 Å². The van der Waals surface area contributed by atoms with Gasteiger partial charge < -0.3 is 25.5 Å². The number of benzene rings is 1. The average molecular weight is 438 g/mol. The van der Waals surface area contributed by atoms with E-state index in [9.17, 15) is 9.18 Å². The van der Waals surface area contributed by atoms with E-state index in [0.29, 0.717) is 54.9 Å². The Labute approximate surface area is 177 Å². The Balaban J connectivity index is 1.83. The van der Waals surface area contributed by atoms with Gasteiger partial charge in [-0.1, -0.05) is 20.8 Å². The summed E-state index contributed by atoms with van der Waals surface area (Å²) in [7, 11) is -1.90. The molecule has 0 aliphatic carbocycles. The number of nitrogen functional groups attached to an aromatic ring is 1. The zero-order valence-electron chi connectivity index (χ0n) is 18.3. The zero-order valence-corrected chi connectivity index (χ0v) is 19.3. The molecular weight excluding hydrogens is 405 g/mol. The summed E-state index contributed by atoms with van der Waals surface area (Å²) in [6, 6.07) is 1.14. The number of hydrogen-bond acceptors (Lipinski definition) is 5. The van der Waals surface area contributed by atoms with E-state index in [1.807, 2.05) is 4.90 Å². The van der Waals surface area contributed by atoms with Crippen LogP contribution < -0.4 is 16.0 Å². The van der Waals surface area contributed by atoms with Gasteiger partial charge in [0.1, 0.15) is 5.52 Å². The van der Waals surface area contributed by atoms with Crippen LogP contribution in [0.5, 0.6) is 0 Å².